The molecule has 1 fully saturated rings. The van der Waals surface area contributed by atoms with Gasteiger partial charge in [0.1, 0.15) is 21.7 Å². The fourth-order valence-electron chi connectivity index (χ4n) is 5.64. The minimum Gasteiger partial charge on any atom is -0.598 e. The molecule has 2 aromatic heterocycles. The van der Waals surface area contributed by atoms with E-state index in [-0.39, 0.29) is 34.9 Å². The van der Waals surface area contributed by atoms with Crippen LogP contribution >= 0.6 is 23.4 Å². The summed E-state index contributed by atoms with van der Waals surface area (Å²) in [6.07, 6.45) is 2.80. The molecule has 4 atom stereocenters. The Kier molecular flexibility index (Phi) is 8.31. The minimum atomic E-state index is -1.28. The van der Waals surface area contributed by atoms with E-state index in [4.69, 9.17) is 27.8 Å². The van der Waals surface area contributed by atoms with Crippen LogP contribution in [0.1, 0.15) is 50.1 Å². The molecule has 5 N–H and O–H groups in total. The third-order valence-electron chi connectivity index (χ3n) is 7.76. The monoisotopic (exact) mass is 612 g/mol. The van der Waals surface area contributed by atoms with Gasteiger partial charge in [-0.25, -0.2) is 15.0 Å². The maximum atomic E-state index is 13.3. The zero-order valence-corrected chi connectivity index (χ0v) is 25.7. The number of fused-ring (bicyclic) bond motifs is 1. The number of hydrogen-bond acceptors (Lipinski definition) is 11. The fourth-order valence-corrected chi connectivity index (χ4v) is 7.61. The first-order valence-corrected chi connectivity index (χ1v) is 15.5. The van der Waals surface area contributed by atoms with Crippen LogP contribution in [0.5, 0.6) is 0 Å². The lowest BCUT2D eigenvalue weighted by molar-refractivity contribution is -0.0376. The van der Waals surface area contributed by atoms with Gasteiger partial charge in [0.15, 0.2) is 17.3 Å². The van der Waals surface area contributed by atoms with Gasteiger partial charge in [0, 0.05) is 48.1 Å². The van der Waals surface area contributed by atoms with Crippen LogP contribution in [-0.2, 0) is 22.5 Å². The number of piperidine rings is 1. The molecule has 10 nitrogen and oxygen atoms in total. The van der Waals surface area contributed by atoms with Gasteiger partial charge in [0.25, 0.3) is 0 Å². The number of pyridine rings is 1. The molecule has 5 rings (SSSR count). The highest BCUT2D eigenvalue weighted by molar-refractivity contribution is 7.99. The smallest absolute Gasteiger partial charge is 0.184 e. The van der Waals surface area contributed by atoms with Gasteiger partial charge in [-0.3, -0.25) is 0 Å². The van der Waals surface area contributed by atoms with E-state index in [1.165, 1.54) is 17.3 Å². The molecular weight excluding hydrogens is 580 g/mol. The van der Waals surface area contributed by atoms with E-state index < -0.39 is 16.1 Å². The summed E-state index contributed by atoms with van der Waals surface area (Å²) < 4.78 is 22.5. The molecule has 0 amide bonds. The number of anilines is 3. The maximum Gasteiger partial charge on any atom is 0.184 e. The second-order valence-electron chi connectivity index (χ2n) is 11.3. The van der Waals surface area contributed by atoms with E-state index in [9.17, 15) is 9.81 Å². The molecule has 13 heteroatoms. The molecule has 3 aromatic rings. The summed E-state index contributed by atoms with van der Waals surface area (Å²) in [5, 5.41) is 10.7. The van der Waals surface area contributed by atoms with Gasteiger partial charge in [0.05, 0.1) is 17.2 Å². The number of methoxy groups -OCH3 is 1. The Labute approximate surface area is 252 Å². The number of rotatable bonds is 6. The number of nitrogens with one attached hydrogen (secondary N) is 1. The molecule has 0 saturated carbocycles. The highest BCUT2D eigenvalue weighted by Gasteiger charge is 2.56. The summed E-state index contributed by atoms with van der Waals surface area (Å²) in [4.78, 5) is 15.8. The van der Waals surface area contributed by atoms with Gasteiger partial charge in [-0.2, -0.15) is 5.26 Å². The first kappa shape index (κ1) is 29.7. The number of nitriles is 1. The van der Waals surface area contributed by atoms with E-state index in [0.29, 0.717) is 40.3 Å². The van der Waals surface area contributed by atoms with Crippen LogP contribution in [0.3, 0.4) is 0 Å². The quantitative estimate of drug-likeness (QED) is 0.341. The van der Waals surface area contributed by atoms with Gasteiger partial charge >= 0.3 is 0 Å². The average molecular weight is 613 g/mol. The van der Waals surface area contributed by atoms with Crippen LogP contribution < -0.4 is 21.1 Å². The molecule has 3 heterocycles. The molecule has 216 valence electrons. The van der Waals surface area contributed by atoms with Crippen molar-refractivity contribution < 1.29 is 9.29 Å². The summed E-state index contributed by atoms with van der Waals surface area (Å²) in [6, 6.07) is 12.0. The Morgan fingerprint density at radius 3 is 2.71 bits per heavy atom. The van der Waals surface area contributed by atoms with Crippen molar-refractivity contribution in [1.29, 1.82) is 5.26 Å². The molecule has 1 aromatic carbocycles. The van der Waals surface area contributed by atoms with Crippen molar-refractivity contribution in [3.05, 3.63) is 58.4 Å². The van der Waals surface area contributed by atoms with Crippen molar-refractivity contribution in [3.63, 3.8) is 0 Å². The molecular formula is C28H33ClN8O2S2. The lowest BCUT2D eigenvalue weighted by Crippen LogP contribution is -2.57. The summed E-state index contributed by atoms with van der Waals surface area (Å²) >= 11 is 6.21. The van der Waals surface area contributed by atoms with E-state index in [1.54, 1.807) is 19.4 Å². The third kappa shape index (κ3) is 5.55. The summed E-state index contributed by atoms with van der Waals surface area (Å²) in [5.74, 6) is 0.782. The van der Waals surface area contributed by atoms with Crippen LogP contribution in [0.25, 0.3) is 0 Å². The van der Waals surface area contributed by atoms with E-state index in [2.05, 4.69) is 37.9 Å². The molecule has 2 unspecified atom stereocenters. The summed E-state index contributed by atoms with van der Waals surface area (Å²) in [5.41, 5.74) is 14.4. The van der Waals surface area contributed by atoms with E-state index >= 15 is 0 Å². The number of nitrogen functional groups attached to an aromatic ring is 2. The fraction of sp³-hybridized carbons (Fsp3) is 0.429. The number of nitrogens with two attached hydrogens (primary N) is 2. The van der Waals surface area contributed by atoms with Crippen molar-refractivity contribution in [2.75, 3.05) is 36.6 Å². The summed E-state index contributed by atoms with van der Waals surface area (Å²) in [7, 11) is 1.70. The van der Waals surface area contributed by atoms with Gasteiger partial charge in [0.2, 0.25) is 0 Å². The van der Waals surface area contributed by atoms with Crippen molar-refractivity contribution in [1.82, 2.24) is 19.7 Å². The second-order valence-corrected chi connectivity index (χ2v) is 14.7. The Hall–Kier alpha value is -2.79. The summed E-state index contributed by atoms with van der Waals surface area (Å²) in [6.45, 7) is 6.95. The first-order valence-electron chi connectivity index (χ1n) is 13.2. The van der Waals surface area contributed by atoms with Crippen molar-refractivity contribution in [2.45, 2.75) is 60.4 Å². The molecule has 2 aliphatic rings. The number of nitrogens with zero attached hydrogens (tertiary/aromatic N) is 5. The lowest BCUT2D eigenvalue weighted by Gasteiger charge is -2.48. The maximum absolute atomic E-state index is 13.3. The normalized spacial score (nSPS) is 22.9. The van der Waals surface area contributed by atoms with Crippen molar-refractivity contribution in [2.24, 2.45) is 5.41 Å². The van der Waals surface area contributed by atoms with Crippen molar-refractivity contribution >= 4 is 52.2 Å². The predicted octanol–water partition coefficient (Wildman–Crippen LogP) is 4.27. The first-order chi connectivity index (χ1) is 19.5. The molecule has 0 radical (unpaired) electrons. The third-order valence-corrected chi connectivity index (χ3v) is 10.9. The number of halogens is 1. The molecule has 1 saturated heterocycles. The standard InChI is InChI=1S/C28H33ClN8O2S2/c1-27(2,3)41(38)36-22-17-8-6-5-7-16(17)13-28(22)10-12-37(15-20(28)39-4)25-18(14-30)34-26(24(32)35-25)40-19-9-11-33-23(31)21(19)29/h5-9,11,20,22,36H,10,12-13,15H2,1-4H3,(H2,31,33)(H2,32,35)/t20?,22-,28?,41+/m0/s1. The SMILES string of the molecule is COC1CN(c2nc(N)c(Sc3ccnc(N)c3Cl)nc2C#N)CCC12Cc1ccccc1[C@@H]2N[S@+]([O-])C(C)(C)C. The Bertz CT molecular complexity index is 1500. The average Bonchev–Trinajstić information content (AvgIpc) is 3.25. The molecule has 41 heavy (non-hydrogen) atoms. The van der Waals surface area contributed by atoms with Crippen LogP contribution in [0, 0.1) is 16.7 Å². The number of aromatic nitrogens is 3. The Morgan fingerprint density at radius 1 is 1.24 bits per heavy atom. The van der Waals surface area contributed by atoms with Gasteiger partial charge in [-0.05, 0) is 50.8 Å². The number of benzene rings is 1. The number of hydrogen-bond donors (Lipinski definition) is 3. The molecule has 1 aliphatic heterocycles. The van der Waals surface area contributed by atoms with E-state index in [1.807, 2.05) is 37.8 Å². The largest absolute Gasteiger partial charge is 0.598 e. The van der Waals surface area contributed by atoms with Gasteiger partial charge in [-0.15, -0.1) is 4.72 Å². The molecule has 0 bridgehead atoms. The predicted molar refractivity (Wildman–Crippen MR) is 163 cm³/mol. The molecule has 1 aliphatic carbocycles. The molecule has 1 spiro atoms. The van der Waals surface area contributed by atoms with Crippen LogP contribution in [0.2, 0.25) is 5.02 Å². The lowest BCUT2D eigenvalue weighted by atomic mass is 9.71. The highest BCUT2D eigenvalue weighted by atomic mass is 35.5. The number of ether oxygens (including phenoxy) is 1. The van der Waals surface area contributed by atoms with Gasteiger partial charge in [-0.1, -0.05) is 47.6 Å². The zero-order valence-electron chi connectivity index (χ0n) is 23.3. The van der Waals surface area contributed by atoms with Crippen LogP contribution in [0.15, 0.2) is 46.5 Å². The Balaban J connectivity index is 1.45. The Morgan fingerprint density at radius 2 is 2.00 bits per heavy atom. The topological polar surface area (TPSA) is 162 Å². The van der Waals surface area contributed by atoms with Crippen LogP contribution in [-0.4, -0.2) is 50.6 Å². The van der Waals surface area contributed by atoms with Gasteiger partial charge < -0.3 is 25.7 Å². The second kappa shape index (κ2) is 11.5. The minimum absolute atomic E-state index is 0.156. The van der Waals surface area contributed by atoms with E-state index in [0.717, 1.165) is 12.0 Å². The van der Waals surface area contributed by atoms with Crippen molar-refractivity contribution in [3.8, 4) is 6.07 Å². The highest BCUT2D eigenvalue weighted by Crippen LogP contribution is 2.54. The zero-order chi connectivity index (χ0) is 29.5. The van der Waals surface area contributed by atoms with Crippen LogP contribution in [0.4, 0.5) is 17.5 Å².